The maximum atomic E-state index is 12.3. The van der Waals surface area contributed by atoms with Gasteiger partial charge in [0, 0.05) is 5.56 Å². The third-order valence-corrected chi connectivity index (χ3v) is 3.05. The summed E-state index contributed by atoms with van der Waals surface area (Å²) in [5.74, 6) is 1.30. The Labute approximate surface area is 129 Å². The van der Waals surface area contributed by atoms with Gasteiger partial charge in [0.1, 0.15) is 17.6 Å². The summed E-state index contributed by atoms with van der Waals surface area (Å²) in [6.45, 7) is 4.48. The largest absolute Gasteiger partial charge is 0.493 e. The highest BCUT2D eigenvalue weighted by atomic mass is 16.5. The van der Waals surface area contributed by atoms with Crippen molar-refractivity contribution in [3.8, 4) is 5.75 Å². The number of hydrogen-bond acceptors (Lipinski definition) is 4. The van der Waals surface area contributed by atoms with Gasteiger partial charge in [-0.15, -0.1) is 0 Å². The molecule has 0 radical (unpaired) electrons. The molecule has 5 heteroatoms. The molecule has 0 saturated heterocycles. The molecule has 1 unspecified atom stereocenters. The van der Waals surface area contributed by atoms with E-state index in [2.05, 4.69) is 19.2 Å². The molecule has 2 aromatic rings. The Morgan fingerprint density at radius 3 is 2.77 bits per heavy atom. The summed E-state index contributed by atoms with van der Waals surface area (Å²) < 4.78 is 10.8. The molecule has 0 aliphatic heterocycles. The molecule has 1 heterocycles. The first kappa shape index (κ1) is 16.1. The van der Waals surface area contributed by atoms with E-state index in [0.717, 1.165) is 0 Å². The molecule has 1 amide bonds. The van der Waals surface area contributed by atoms with Crippen LogP contribution in [0.5, 0.6) is 5.75 Å². The third-order valence-electron chi connectivity index (χ3n) is 3.05. The lowest BCUT2D eigenvalue weighted by Gasteiger charge is -2.14. The number of carbonyl (C=O) groups excluding carboxylic acids is 1. The maximum Gasteiger partial charge on any atom is 0.252 e. The first-order chi connectivity index (χ1) is 10.6. The molecule has 22 heavy (non-hydrogen) atoms. The van der Waals surface area contributed by atoms with Crippen LogP contribution in [0.25, 0.3) is 0 Å². The standard InChI is InChI=1S/C17H21NO4/c1-12(2)11-22-14-6-3-5-13(9-14)17(20)18-15(10-19)16-7-4-8-21-16/h3-9,12,15,19H,10-11H2,1-2H3,(H,18,20). The van der Waals surface area contributed by atoms with Crippen LogP contribution >= 0.6 is 0 Å². The van der Waals surface area contributed by atoms with Gasteiger partial charge in [-0.1, -0.05) is 19.9 Å². The van der Waals surface area contributed by atoms with E-state index in [-0.39, 0.29) is 12.5 Å². The van der Waals surface area contributed by atoms with Crippen molar-refractivity contribution in [1.29, 1.82) is 0 Å². The summed E-state index contributed by atoms with van der Waals surface area (Å²) in [4.78, 5) is 12.3. The third kappa shape index (κ3) is 4.36. The minimum Gasteiger partial charge on any atom is -0.493 e. The van der Waals surface area contributed by atoms with Crippen LogP contribution in [0.1, 0.15) is 36.0 Å². The maximum absolute atomic E-state index is 12.3. The molecule has 5 nitrogen and oxygen atoms in total. The Morgan fingerprint density at radius 1 is 1.32 bits per heavy atom. The number of amides is 1. The molecule has 2 N–H and O–H groups in total. The Balaban J connectivity index is 2.04. The van der Waals surface area contributed by atoms with E-state index < -0.39 is 6.04 Å². The first-order valence-corrected chi connectivity index (χ1v) is 7.28. The normalized spacial score (nSPS) is 12.2. The predicted octanol–water partition coefficient (Wildman–Crippen LogP) is 2.78. The molecular formula is C17H21NO4. The fourth-order valence-electron chi connectivity index (χ4n) is 1.93. The van der Waals surface area contributed by atoms with Gasteiger partial charge in [0.15, 0.2) is 0 Å². The average molecular weight is 303 g/mol. The molecule has 0 bridgehead atoms. The van der Waals surface area contributed by atoms with Crippen molar-refractivity contribution >= 4 is 5.91 Å². The van der Waals surface area contributed by atoms with Gasteiger partial charge in [-0.25, -0.2) is 0 Å². The number of hydrogen-bond donors (Lipinski definition) is 2. The Hall–Kier alpha value is -2.27. The summed E-state index contributed by atoms with van der Waals surface area (Å²) in [5, 5.41) is 12.1. The summed E-state index contributed by atoms with van der Waals surface area (Å²) in [5.41, 5.74) is 0.478. The second-order valence-electron chi connectivity index (χ2n) is 5.46. The Kier molecular flexibility index (Phi) is 5.61. The summed E-state index contributed by atoms with van der Waals surface area (Å²) in [6.07, 6.45) is 1.50. The average Bonchev–Trinajstić information content (AvgIpc) is 3.05. The number of nitrogens with one attached hydrogen (secondary N) is 1. The van der Waals surface area contributed by atoms with Gasteiger partial charge >= 0.3 is 0 Å². The highest BCUT2D eigenvalue weighted by molar-refractivity contribution is 5.94. The lowest BCUT2D eigenvalue weighted by Crippen LogP contribution is -2.30. The van der Waals surface area contributed by atoms with Crippen molar-refractivity contribution in [2.45, 2.75) is 19.9 Å². The number of rotatable bonds is 7. The van der Waals surface area contributed by atoms with E-state index in [0.29, 0.717) is 29.6 Å². The van der Waals surface area contributed by atoms with Crippen LogP contribution < -0.4 is 10.1 Å². The van der Waals surface area contributed by atoms with Gasteiger partial charge in [0.2, 0.25) is 0 Å². The Morgan fingerprint density at radius 2 is 2.14 bits per heavy atom. The second kappa shape index (κ2) is 7.66. The highest BCUT2D eigenvalue weighted by Gasteiger charge is 2.17. The topological polar surface area (TPSA) is 71.7 Å². The molecule has 0 spiro atoms. The molecule has 118 valence electrons. The van der Waals surface area contributed by atoms with Crippen LogP contribution in [-0.2, 0) is 0 Å². The van der Waals surface area contributed by atoms with Crippen LogP contribution in [-0.4, -0.2) is 24.2 Å². The highest BCUT2D eigenvalue weighted by Crippen LogP contribution is 2.17. The zero-order chi connectivity index (χ0) is 15.9. The van der Waals surface area contributed by atoms with Gasteiger partial charge in [0.05, 0.1) is 19.5 Å². The van der Waals surface area contributed by atoms with Gasteiger partial charge in [0.25, 0.3) is 5.91 Å². The van der Waals surface area contributed by atoms with E-state index in [1.807, 2.05) is 6.07 Å². The SMILES string of the molecule is CC(C)COc1cccc(C(=O)NC(CO)c2ccco2)c1. The van der Waals surface area contributed by atoms with Gasteiger partial charge in [-0.3, -0.25) is 4.79 Å². The van der Waals surface area contributed by atoms with Gasteiger partial charge < -0.3 is 19.6 Å². The van der Waals surface area contributed by atoms with E-state index >= 15 is 0 Å². The first-order valence-electron chi connectivity index (χ1n) is 7.28. The van der Waals surface area contributed by atoms with E-state index in [9.17, 15) is 9.90 Å². The Bertz CT molecular complexity index is 592. The molecule has 1 aromatic heterocycles. The van der Waals surface area contributed by atoms with Crippen molar-refractivity contribution in [1.82, 2.24) is 5.32 Å². The molecular weight excluding hydrogens is 282 g/mol. The zero-order valence-electron chi connectivity index (χ0n) is 12.8. The number of ether oxygens (including phenoxy) is 1. The molecule has 0 fully saturated rings. The molecule has 0 saturated carbocycles. The van der Waals surface area contributed by atoms with Crippen molar-refractivity contribution in [3.63, 3.8) is 0 Å². The van der Waals surface area contributed by atoms with Crippen LogP contribution in [0.2, 0.25) is 0 Å². The fourth-order valence-corrected chi connectivity index (χ4v) is 1.93. The summed E-state index contributed by atoms with van der Waals surface area (Å²) in [7, 11) is 0. The minimum atomic E-state index is -0.567. The smallest absolute Gasteiger partial charge is 0.252 e. The summed E-state index contributed by atoms with van der Waals surface area (Å²) >= 11 is 0. The number of carbonyl (C=O) groups is 1. The number of furan rings is 1. The van der Waals surface area contributed by atoms with Crippen molar-refractivity contribution in [3.05, 3.63) is 54.0 Å². The van der Waals surface area contributed by atoms with Gasteiger partial charge in [-0.2, -0.15) is 0 Å². The van der Waals surface area contributed by atoms with Crippen LogP contribution in [0.3, 0.4) is 0 Å². The minimum absolute atomic E-state index is 0.233. The van der Waals surface area contributed by atoms with E-state index in [1.54, 1.807) is 30.3 Å². The summed E-state index contributed by atoms with van der Waals surface area (Å²) in [6, 6.07) is 9.83. The number of aliphatic hydroxyl groups excluding tert-OH is 1. The zero-order valence-corrected chi connectivity index (χ0v) is 12.8. The molecule has 1 aromatic carbocycles. The van der Waals surface area contributed by atoms with Crippen molar-refractivity contribution in [2.24, 2.45) is 5.92 Å². The molecule has 0 aliphatic carbocycles. The van der Waals surface area contributed by atoms with Crippen LogP contribution in [0.15, 0.2) is 47.1 Å². The second-order valence-corrected chi connectivity index (χ2v) is 5.46. The van der Waals surface area contributed by atoms with Crippen LogP contribution in [0, 0.1) is 5.92 Å². The van der Waals surface area contributed by atoms with Crippen molar-refractivity contribution < 1.29 is 19.1 Å². The molecule has 2 rings (SSSR count). The van der Waals surface area contributed by atoms with E-state index in [4.69, 9.17) is 9.15 Å². The van der Waals surface area contributed by atoms with Crippen molar-refractivity contribution in [2.75, 3.05) is 13.2 Å². The lowest BCUT2D eigenvalue weighted by molar-refractivity contribution is 0.0907. The van der Waals surface area contributed by atoms with Gasteiger partial charge in [-0.05, 0) is 36.2 Å². The predicted molar refractivity (Wildman–Crippen MR) is 82.8 cm³/mol. The van der Waals surface area contributed by atoms with E-state index in [1.165, 1.54) is 6.26 Å². The monoisotopic (exact) mass is 303 g/mol. The molecule has 0 aliphatic rings. The fraction of sp³-hybridized carbons (Fsp3) is 0.353. The number of aliphatic hydroxyl groups is 1. The molecule has 1 atom stereocenters. The quantitative estimate of drug-likeness (QED) is 0.825. The van der Waals surface area contributed by atoms with Crippen LogP contribution in [0.4, 0.5) is 0 Å². The lowest BCUT2D eigenvalue weighted by atomic mass is 10.1. The number of benzene rings is 1.